The number of nitrogens with one attached hydrogen (secondary N) is 1. The molecule has 174 valence electrons. The van der Waals surface area contributed by atoms with Crippen molar-refractivity contribution in [3.63, 3.8) is 0 Å². The van der Waals surface area contributed by atoms with Gasteiger partial charge in [0.2, 0.25) is 11.9 Å². The molecule has 0 spiro atoms. The van der Waals surface area contributed by atoms with Gasteiger partial charge in [0.1, 0.15) is 0 Å². The van der Waals surface area contributed by atoms with Gasteiger partial charge in [-0.2, -0.15) is 4.98 Å². The van der Waals surface area contributed by atoms with E-state index in [4.69, 9.17) is 32.9 Å². The molecule has 0 aliphatic carbocycles. The predicted octanol–water partition coefficient (Wildman–Crippen LogP) is 3.57. The minimum atomic E-state index is -0.123. The molecule has 32 heavy (non-hydrogen) atoms. The quantitative estimate of drug-likeness (QED) is 0.618. The Morgan fingerprint density at radius 1 is 1.25 bits per heavy atom. The van der Waals surface area contributed by atoms with Gasteiger partial charge in [-0.25, -0.2) is 4.98 Å². The number of halogens is 2. The SMILES string of the molecule is COc1cnc(N2CCN(C(=O)CCN(C)C)CC2)nc1N[C@H](C)c1ccc(Cl)cc1Cl. The van der Waals surface area contributed by atoms with Crippen LogP contribution in [0.15, 0.2) is 24.4 Å². The third-order valence-corrected chi connectivity index (χ3v) is 6.00. The highest BCUT2D eigenvalue weighted by Crippen LogP contribution is 2.31. The van der Waals surface area contributed by atoms with E-state index >= 15 is 0 Å². The van der Waals surface area contributed by atoms with Gasteiger partial charge in [0.25, 0.3) is 0 Å². The Labute approximate surface area is 199 Å². The summed E-state index contributed by atoms with van der Waals surface area (Å²) in [6.07, 6.45) is 2.20. The Morgan fingerprint density at radius 3 is 2.59 bits per heavy atom. The Balaban J connectivity index is 1.68. The van der Waals surface area contributed by atoms with E-state index in [0.29, 0.717) is 60.2 Å². The lowest BCUT2D eigenvalue weighted by molar-refractivity contribution is -0.131. The monoisotopic (exact) mass is 480 g/mol. The van der Waals surface area contributed by atoms with Crippen LogP contribution < -0.4 is 15.0 Å². The van der Waals surface area contributed by atoms with Crippen LogP contribution in [0.2, 0.25) is 10.0 Å². The van der Waals surface area contributed by atoms with Gasteiger partial charge < -0.3 is 24.8 Å². The zero-order valence-electron chi connectivity index (χ0n) is 18.9. The minimum Gasteiger partial charge on any atom is -0.491 e. The molecule has 2 heterocycles. The Kier molecular flexibility index (Phi) is 8.39. The lowest BCUT2D eigenvalue weighted by atomic mass is 10.1. The summed E-state index contributed by atoms with van der Waals surface area (Å²) in [7, 11) is 5.53. The highest BCUT2D eigenvalue weighted by atomic mass is 35.5. The van der Waals surface area contributed by atoms with Crippen LogP contribution in [-0.2, 0) is 4.79 Å². The maximum Gasteiger partial charge on any atom is 0.227 e. The molecular weight excluding hydrogens is 451 g/mol. The van der Waals surface area contributed by atoms with E-state index in [0.717, 1.165) is 12.1 Å². The molecule has 1 N–H and O–H groups in total. The summed E-state index contributed by atoms with van der Waals surface area (Å²) >= 11 is 12.4. The molecule has 10 heteroatoms. The molecule has 1 fully saturated rings. The summed E-state index contributed by atoms with van der Waals surface area (Å²) in [5, 5.41) is 4.55. The third-order valence-electron chi connectivity index (χ3n) is 5.43. The topological polar surface area (TPSA) is 73.8 Å². The first kappa shape index (κ1) is 24.4. The number of methoxy groups -OCH3 is 1. The first-order valence-electron chi connectivity index (χ1n) is 10.6. The van der Waals surface area contributed by atoms with Crippen LogP contribution in [0.3, 0.4) is 0 Å². The second-order valence-electron chi connectivity index (χ2n) is 8.04. The molecule has 3 rings (SSSR count). The second kappa shape index (κ2) is 11.0. The third kappa shape index (κ3) is 6.15. The fourth-order valence-corrected chi connectivity index (χ4v) is 4.11. The molecule has 0 unspecified atom stereocenters. The molecule has 8 nitrogen and oxygen atoms in total. The number of aromatic nitrogens is 2. The average molecular weight is 481 g/mol. The van der Waals surface area contributed by atoms with Gasteiger partial charge in [0, 0.05) is 49.2 Å². The lowest BCUT2D eigenvalue weighted by Gasteiger charge is -2.35. The van der Waals surface area contributed by atoms with E-state index in [9.17, 15) is 4.79 Å². The summed E-state index contributed by atoms with van der Waals surface area (Å²) in [5.74, 6) is 1.91. The molecule has 0 bridgehead atoms. The first-order chi connectivity index (χ1) is 15.3. The number of amides is 1. The predicted molar refractivity (Wildman–Crippen MR) is 129 cm³/mol. The number of carbonyl (C=O) groups excluding carboxylic acids is 1. The maximum absolute atomic E-state index is 12.4. The van der Waals surface area contributed by atoms with Crippen LogP contribution in [0.5, 0.6) is 5.75 Å². The number of hydrogen-bond donors (Lipinski definition) is 1. The summed E-state index contributed by atoms with van der Waals surface area (Å²) in [6.45, 7) is 5.42. The van der Waals surface area contributed by atoms with Crippen molar-refractivity contribution >= 4 is 40.9 Å². The fraction of sp³-hybridized carbons (Fsp3) is 0.500. The number of nitrogens with zero attached hydrogens (tertiary/aromatic N) is 5. The highest BCUT2D eigenvalue weighted by molar-refractivity contribution is 6.35. The number of rotatable bonds is 8. The van der Waals surface area contributed by atoms with Gasteiger partial charge >= 0.3 is 0 Å². The van der Waals surface area contributed by atoms with Crippen molar-refractivity contribution in [2.75, 3.05) is 64.1 Å². The summed E-state index contributed by atoms with van der Waals surface area (Å²) in [4.78, 5) is 27.6. The van der Waals surface area contributed by atoms with E-state index in [2.05, 4.69) is 15.2 Å². The smallest absolute Gasteiger partial charge is 0.227 e. The Hall–Kier alpha value is -2.29. The van der Waals surface area contributed by atoms with Crippen LogP contribution >= 0.6 is 23.2 Å². The number of ether oxygens (including phenoxy) is 1. The first-order valence-corrected chi connectivity index (χ1v) is 11.3. The second-order valence-corrected chi connectivity index (χ2v) is 8.88. The molecule has 0 radical (unpaired) electrons. The largest absolute Gasteiger partial charge is 0.491 e. The molecule has 1 saturated heterocycles. The average Bonchev–Trinajstić information content (AvgIpc) is 2.77. The van der Waals surface area contributed by atoms with E-state index in [1.54, 1.807) is 19.4 Å². The van der Waals surface area contributed by atoms with Gasteiger partial charge in [0.15, 0.2) is 11.6 Å². The van der Waals surface area contributed by atoms with E-state index < -0.39 is 0 Å². The number of benzene rings is 1. The van der Waals surface area contributed by atoms with E-state index in [1.807, 2.05) is 43.0 Å². The van der Waals surface area contributed by atoms with Crippen molar-refractivity contribution < 1.29 is 9.53 Å². The van der Waals surface area contributed by atoms with Crippen LogP contribution in [0.4, 0.5) is 11.8 Å². The maximum atomic E-state index is 12.4. The molecule has 1 aliphatic heterocycles. The zero-order valence-corrected chi connectivity index (χ0v) is 20.4. The molecule has 1 aromatic carbocycles. The van der Waals surface area contributed by atoms with Crippen molar-refractivity contribution in [2.45, 2.75) is 19.4 Å². The standard InChI is InChI=1S/C22H30Cl2N6O2/c1-15(17-6-5-16(23)13-18(17)24)26-21-19(32-4)14-25-22(27-21)30-11-9-29(10-12-30)20(31)7-8-28(2)3/h5-6,13-15H,7-12H2,1-4H3,(H,25,26,27)/t15-/m1/s1. The normalized spacial score (nSPS) is 15.1. The van der Waals surface area contributed by atoms with Gasteiger partial charge in [-0.1, -0.05) is 29.3 Å². The number of anilines is 2. The molecule has 0 saturated carbocycles. The molecule has 2 aromatic rings. The Bertz CT molecular complexity index is 935. The van der Waals surface area contributed by atoms with Crippen molar-refractivity contribution in [3.8, 4) is 5.75 Å². The Morgan fingerprint density at radius 2 is 1.97 bits per heavy atom. The molecule has 1 amide bonds. The van der Waals surface area contributed by atoms with Crippen LogP contribution in [-0.4, -0.2) is 79.6 Å². The lowest BCUT2D eigenvalue weighted by Crippen LogP contribution is -2.49. The van der Waals surface area contributed by atoms with Crippen molar-refractivity contribution in [1.82, 2.24) is 19.8 Å². The van der Waals surface area contributed by atoms with Crippen molar-refractivity contribution in [3.05, 3.63) is 40.0 Å². The molecule has 1 atom stereocenters. The molecular formula is C22H30Cl2N6O2. The molecule has 1 aromatic heterocycles. The fourth-order valence-electron chi connectivity index (χ4n) is 3.54. The van der Waals surface area contributed by atoms with E-state index in [-0.39, 0.29) is 11.9 Å². The number of hydrogen-bond acceptors (Lipinski definition) is 7. The number of piperazine rings is 1. The van der Waals surface area contributed by atoms with Crippen molar-refractivity contribution in [1.29, 1.82) is 0 Å². The van der Waals surface area contributed by atoms with Crippen LogP contribution in [0.25, 0.3) is 0 Å². The zero-order chi connectivity index (χ0) is 23.3. The van der Waals surface area contributed by atoms with E-state index in [1.165, 1.54) is 0 Å². The van der Waals surface area contributed by atoms with Gasteiger partial charge in [-0.15, -0.1) is 0 Å². The summed E-state index contributed by atoms with van der Waals surface area (Å²) in [6, 6.07) is 5.30. The number of carbonyl (C=O) groups is 1. The van der Waals surface area contributed by atoms with Gasteiger partial charge in [-0.05, 0) is 38.7 Å². The summed E-state index contributed by atoms with van der Waals surface area (Å²) < 4.78 is 5.45. The minimum absolute atomic E-state index is 0.123. The summed E-state index contributed by atoms with van der Waals surface area (Å²) in [5.41, 5.74) is 0.906. The van der Waals surface area contributed by atoms with Crippen LogP contribution in [0, 0.1) is 0 Å². The van der Waals surface area contributed by atoms with Gasteiger partial charge in [-0.3, -0.25) is 4.79 Å². The highest BCUT2D eigenvalue weighted by Gasteiger charge is 2.24. The van der Waals surface area contributed by atoms with Gasteiger partial charge in [0.05, 0.1) is 19.3 Å². The molecule has 1 aliphatic rings. The van der Waals surface area contributed by atoms with Crippen LogP contribution in [0.1, 0.15) is 24.9 Å². The van der Waals surface area contributed by atoms with Crippen molar-refractivity contribution in [2.24, 2.45) is 0 Å².